The number of carbonyl (C=O) groups excluding carboxylic acids is 2. The molecule has 1 heterocycles. The van der Waals surface area contributed by atoms with Crippen molar-refractivity contribution in [1.82, 2.24) is 5.32 Å². The van der Waals surface area contributed by atoms with E-state index in [1.54, 1.807) is 48.5 Å². The van der Waals surface area contributed by atoms with Crippen LogP contribution in [0.2, 0.25) is 0 Å². The van der Waals surface area contributed by atoms with Crippen LogP contribution in [-0.2, 0) is 19.6 Å². The molecule has 3 rings (SSSR count). The number of sulfonamides is 1. The highest BCUT2D eigenvalue weighted by Crippen LogP contribution is 2.29. The molecule has 2 aromatic rings. The van der Waals surface area contributed by atoms with Crippen molar-refractivity contribution in [3.63, 3.8) is 0 Å². The third-order valence-corrected chi connectivity index (χ3v) is 6.13. The van der Waals surface area contributed by atoms with Crippen LogP contribution in [0.4, 0.5) is 11.4 Å². The summed E-state index contributed by atoms with van der Waals surface area (Å²) in [5.74, 6) is -0.624. The maximum atomic E-state index is 12.8. The van der Waals surface area contributed by atoms with Crippen LogP contribution in [0.25, 0.3) is 0 Å². The molecule has 0 unspecified atom stereocenters. The molecule has 2 amide bonds. The molecule has 2 N–H and O–H groups in total. The predicted octanol–water partition coefficient (Wildman–Crippen LogP) is 2.01. The third-order valence-electron chi connectivity index (χ3n) is 5.00. The summed E-state index contributed by atoms with van der Waals surface area (Å²) < 4.78 is 36.5. The van der Waals surface area contributed by atoms with Crippen molar-refractivity contribution < 1.29 is 27.5 Å². The number of hydrogen-bond acceptors (Lipinski definition) is 6. The molecule has 9 nitrogen and oxygen atoms in total. The maximum Gasteiger partial charge on any atom is 0.253 e. The van der Waals surface area contributed by atoms with Gasteiger partial charge < -0.3 is 20.1 Å². The van der Waals surface area contributed by atoms with Crippen LogP contribution < -0.4 is 19.7 Å². The van der Waals surface area contributed by atoms with E-state index in [0.29, 0.717) is 18.9 Å². The van der Waals surface area contributed by atoms with Gasteiger partial charge in [0.2, 0.25) is 15.9 Å². The summed E-state index contributed by atoms with van der Waals surface area (Å²) in [6, 6.07) is 13.1. The standard InChI is InChI=1S/C22H27N3O6S/c1-30-20-12-6-5-11-19(20)25(32(2,28)29)15-21(26)24-18-10-4-3-9-17(18)22(27)23-14-16-8-7-13-31-16/h3-6,9-12,16H,7-8,13-15H2,1-2H3,(H,23,27)(H,24,26)/t16-/m1/s1. The lowest BCUT2D eigenvalue weighted by molar-refractivity contribution is -0.114. The molecule has 0 saturated carbocycles. The fraction of sp³-hybridized carbons (Fsp3) is 0.364. The van der Waals surface area contributed by atoms with E-state index >= 15 is 0 Å². The first-order chi connectivity index (χ1) is 15.3. The highest BCUT2D eigenvalue weighted by atomic mass is 32.2. The first-order valence-corrected chi connectivity index (χ1v) is 12.0. The Bertz CT molecular complexity index is 1070. The Labute approximate surface area is 187 Å². The van der Waals surface area contributed by atoms with Gasteiger partial charge in [0.25, 0.3) is 5.91 Å². The first kappa shape index (κ1) is 23.6. The summed E-state index contributed by atoms with van der Waals surface area (Å²) in [6.07, 6.45) is 2.86. The van der Waals surface area contributed by atoms with Crippen molar-refractivity contribution in [2.75, 3.05) is 42.7 Å². The lowest BCUT2D eigenvalue weighted by Crippen LogP contribution is -2.38. The summed E-state index contributed by atoms with van der Waals surface area (Å²) in [7, 11) is -2.36. The topological polar surface area (TPSA) is 114 Å². The quantitative estimate of drug-likeness (QED) is 0.591. The number of methoxy groups -OCH3 is 1. The van der Waals surface area contributed by atoms with Gasteiger partial charge in [0.1, 0.15) is 12.3 Å². The molecule has 0 aliphatic carbocycles. The minimum atomic E-state index is -3.78. The van der Waals surface area contributed by atoms with Gasteiger partial charge in [-0.3, -0.25) is 13.9 Å². The van der Waals surface area contributed by atoms with Crippen LogP contribution >= 0.6 is 0 Å². The fourth-order valence-corrected chi connectivity index (χ4v) is 4.29. The summed E-state index contributed by atoms with van der Waals surface area (Å²) in [4.78, 5) is 25.4. The Morgan fingerprint density at radius 1 is 1.16 bits per heavy atom. The van der Waals surface area contributed by atoms with Gasteiger partial charge in [0.05, 0.1) is 36.4 Å². The molecule has 172 valence electrons. The maximum absolute atomic E-state index is 12.8. The van der Waals surface area contributed by atoms with Crippen LogP contribution in [0.15, 0.2) is 48.5 Å². The van der Waals surface area contributed by atoms with E-state index < -0.39 is 22.5 Å². The van der Waals surface area contributed by atoms with Gasteiger partial charge >= 0.3 is 0 Å². The third kappa shape index (κ3) is 5.98. The van der Waals surface area contributed by atoms with Crippen LogP contribution in [0.1, 0.15) is 23.2 Å². The first-order valence-electron chi connectivity index (χ1n) is 10.2. The lowest BCUT2D eigenvalue weighted by atomic mass is 10.1. The Hall–Kier alpha value is -3.11. The highest BCUT2D eigenvalue weighted by Gasteiger charge is 2.25. The number of carbonyl (C=O) groups is 2. The zero-order valence-corrected chi connectivity index (χ0v) is 18.9. The smallest absolute Gasteiger partial charge is 0.253 e. The number of anilines is 2. The molecular formula is C22H27N3O6S. The van der Waals surface area contributed by atoms with Gasteiger partial charge in [-0.05, 0) is 37.1 Å². The van der Waals surface area contributed by atoms with Gasteiger partial charge in [-0.2, -0.15) is 0 Å². The minimum absolute atomic E-state index is 0.00937. The molecule has 1 fully saturated rings. The summed E-state index contributed by atoms with van der Waals surface area (Å²) >= 11 is 0. The van der Waals surface area contributed by atoms with Crippen molar-refractivity contribution >= 4 is 33.2 Å². The van der Waals surface area contributed by atoms with Gasteiger partial charge in [-0.1, -0.05) is 24.3 Å². The van der Waals surface area contributed by atoms with E-state index in [2.05, 4.69) is 10.6 Å². The van der Waals surface area contributed by atoms with E-state index in [4.69, 9.17) is 9.47 Å². The zero-order chi connectivity index (χ0) is 23.1. The normalized spacial score (nSPS) is 15.8. The number of ether oxygens (including phenoxy) is 2. The SMILES string of the molecule is COc1ccccc1N(CC(=O)Nc1ccccc1C(=O)NC[C@H]1CCCO1)S(C)(=O)=O. The lowest BCUT2D eigenvalue weighted by Gasteiger charge is -2.24. The predicted molar refractivity (Wildman–Crippen MR) is 122 cm³/mol. The number of nitrogens with zero attached hydrogens (tertiary/aromatic N) is 1. The van der Waals surface area contributed by atoms with Crippen molar-refractivity contribution in [2.45, 2.75) is 18.9 Å². The number of amides is 2. The molecule has 32 heavy (non-hydrogen) atoms. The Morgan fingerprint density at radius 3 is 2.56 bits per heavy atom. The average molecular weight is 462 g/mol. The average Bonchev–Trinajstić information content (AvgIpc) is 3.29. The summed E-state index contributed by atoms with van der Waals surface area (Å²) in [5, 5.41) is 5.47. The second kappa shape index (κ2) is 10.5. The molecule has 1 aliphatic rings. The molecule has 0 bridgehead atoms. The fourth-order valence-electron chi connectivity index (χ4n) is 3.43. The van der Waals surface area contributed by atoms with E-state index in [0.717, 1.165) is 23.4 Å². The second-order valence-electron chi connectivity index (χ2n) is 7.38. The van der Waals surface area contributed by atoms with Gasteiger partial charge in [-0.25, -0.2) is 8.42 Å². The van der Waals surface area contributed by atoms with Crippen molar-refractivity contribution in [2.24, 2.45) is 0 Å². The number of nitrogens with one attached hydrogen (secondary N) is 2. The van der Waals surface area contributed by atoms with Crippen LogP contribution in [0.5, 0.6) is 5.75 Å². The molecule has 2 aromatic carbocycles. The molecule has 0 spiro atoms. The Kier molecular flexibility index (Phi) is 7.70. The van der Waals surface area contributed by atoms with E-state index in [-0.39, 0.29) is 28.9 Å². The largest absolute Gasteiger partial charge is 0.495 e. The van der Waals surface area contributed by atoms with Crippen molar-refractivity contribution in [3.05, 3.63) is 54.1 Å². The summed E-state index contributed by atoms with van der Waals surface area (Å²) in [6.45, 7) is 0.595. The van der Waals surface area contributed by atoms with E-state index in [1.165, 1.54) is 7.11 Å². The molecular weight excluding hydrogens is 434 g/mol. The highest BCUT2D eigenvalue weighted by molar-refractivity contribution is 7.92. The summed E-state index contributed by atoms with van der Waals surface area (Å²) in [5.41, 5.74) is 0.813. The van der Waals surface area contributed by atoms with Gasteiger partial charge in [-0.15, -0.1) is 0 Å². The zero-order valence-electron chi connectivity index (χ0n) is 18.0. The molecule has 10 heteroatoms. The number of rotatable bonds is 9. The molecule has 1 atom stereocenters. The van der Waals surface area contributed by atoms with Gasteiger partial charge in [0.15, 0.2) is 0 Å². The number of para-hydroxylation sites is 3. The van der Waals surface area contributed by atoms with Crippen LogP contribution in [0, 0.1) is 0 Å². The van der Waals surface area contributed by atoms with Crippen molar-refractivity contribution in [1.29, 1.82) is 0 Å². The monoisotopic (exact) mass is 461 g/mol. The van der Waals surface area contributed by atoms with Crippen LogP contribution in [-0.4, -0.2) is 59.4 Å². The minimum Gasteiger partial charge on any atom is -0.495 e. The van der Waals surface area contributed by atoms with E-state index in [9.17, 15) is 18.0 Å². The number of hydrogen-bond donors (Lipinski definition) is 2. The Morgan fingerprint density at radius 2 is 1.88 bits per heavy atom. The van der Waals surface area contributed by atoms with Gasteiger partial charge in [0, 0.05) is 13.2 Å². The molecule has 0 radical (unpaired) electrons. The van der Waals surface area contributed by atoms with Crippen LogP contribution in [0.3, 0.4) is 0 Å². The van der Waals surface area contributed by atoms with E-state index in [1.807, 2.05) is 0 Å². The van der Waals surface area contributed by atoms with Crippen molar-refractivity contribution in [3.8, 4) is 5.75 Å². The Balaban J connectivity index is 1.74. The number of benzene rings is 2. The molecule has 1 aliphatic heterocycles. The molecule has 0 aromatic heterocycles. The second-order valence-corrected chi connectivity index (χ2v) is 9.29. The molecule has 1 saturated heterocycles.